The first-order valence-electron chi connectivity index (χ1n) is 11.1. The maximum atomic E-state index is 3.55. The minimum Gasteiger partial charge on any atom is -0.385 e. The van der Waals surface area contributed by atoms with Crippen molar-refractivity contribution >= 4 is 0 Å². The Morgan fingerprint density at radius 2 is 1.03 bits per heavy atom. The van der Waals surface area contributed by atoms with Crippen LogP contribution in [0, 0.1) is 0 Å². The van der Waals surface area contributed by atoms with Crippen LogP contribution in [0.1, 0.15) is 37.7 Å². The monoisotopic (exact) mass is 397 g/mol. The highest BCUT2D eigenvalue weighted by molar-refractivity contribution is 5.28. The van der Waals surface area contributed by atoms with Crippen molar-refractivity contribution in [2.75, 3.05) is 6.54 Å². The summed E-state index contributed by atoms with van der Waals surface area (Å²) in [5.41, 5.74) is 2.56. The van der Waals surface area contributed by atoms with E-state index in [9.17, 15) is 0 Å². The lowest BCUT2D eigenvalue weighted by Gasteiger charge is -2.07. The predicted octanol–water partition coefficient (Wildman–Crippen LogP) is 7.57. The summed E-state index contributed by atoms with van der Waals surface area (Å²) in [6.45, 7) is 1.02. The molecule has 0 radical (unpaired) electrons. The predicted molar refractivity (Wildman–Crippen MR) is 133 cm³/mol. The van der Waals surface area contributed by atoms with Crippen LogP contribution in [-0.4, -0.2) is 6.54 Å². The Morgan fingerprint density at radius 1 is 0.500 bits per heavy atom. The third-order valence-corrected chi connectivity index (χ3v) is 4.70. The minimum atomic E-state index is 1.02. The second-order valence-electron chi connectivity index (χ2n) is 7.22. The van der Waals surface area contributed by atoms with E-state index in [2.05, 4.69) is 90.3 Å². The van der Waals surface area contributed by atoms with Crippen molar-refractivity contribution in [3.05, 3.63) is 133 Å². The standard InChI is InChI=1S/C29H35N/c1-2-7-13-19-25-29(26-20-14-8-3-1)30-27-21-15-9-12-18-24-28-22-16-10-5-4-6-11-17-23-28/h1-8,10-11,13-14,16-17,19-20,22-23,25-26,30H,9,12,15,18,21,24,27H2/b2-1-,3-1?,5-4?,6-4?,7-2?,8-3-,10-5?,11-6?,13-7-,14-8?,16-10?,17-11?,19-13?,20-14-,22-16?,23-17?,25-19-,26-20?,28-22?,28-23?,29-25?,29-26+. The van der Waals surface area contributed by atoms with Crippen LogP contribution in [0.25, 0.3) is 0 Å². The van der Waals surface area contributed by atoms with Crippen molar-refractivity contribution in [1.29, 1.82) is 0 Å². The van der Waals surface area contributed by atoms with Gasteiger partial charge in [-0.25, -0.2) is 0 Å². The first-order valence-corrected chi connectivity index (χ1v) is 11.1. The molecule has 0 fully saturated rings. The molecule has 0 heterocycles. The number of nitrogens with one attached hydrogen (secondary N) is 1. The molecule has 1 nitrogen and oxygen atoms in total. The van der Waals surface area contributed by atoms with Crippen LogP contribution in [-0.2, 0) is 6.42 Å². The van der Waals surface area contributed by atoms with Crippen LogP contribution >= 0.6 is 0 Å². The molecule has 1 aromatic carbocycles. The Kier molecular flexibility index (Phi) is 13.0. The quantitative estimate of drug-likeness (QED) is 0.424. The zero-order valence-electron chi connectivity index (χ0n) is 18.0. The molecule has 0 atom stereocenters. The second-order valence-corrected chi connectivity index (χ2v) is 7.22. The molecule has 0 saturated heterocycles. The fourth-order valence-corrected chi connectivity index (χ4v) is 3.06. The highest BCUT2D eigenvalue weighted by Crippen LogP contribution is 2.08. The first kappa shape index (κ1) is 23.2. The van der Waals surface area contributed by atoms with E-state index in [1.807, 2.05) is 36.4 Å². The molecule has 0 saturated carbocycles. The Balaban J connectivity index is 1.63. The number of unbranched alkanes of at least 4 members (excludes halogenated alkanes) is 4. The largest absolute Gasteiger partial charge is 0.385 e. The molecule has 1 N–H and O–H groups in total. The fourth-order valence-electron chi connectivity index (χ4n) is 3.06. The van der Waals surface area contributed by atoms with Gasteiger partial charge in [-0.3, -0.25) is 0 Å². The van der Waals surface area contributed by atoms with Crippen molar-refractivity contribution in [1.82, 2.24) is 5.32 Å². The summed E-state index contributed by atoms with van der Waals surface area (Å²) >= 11 is 0. The lowest BCUT2D eigenvalue weighted by atomic mass is 10.1. The van der Waals surface area contributed by atoms with E-state index in [-0.39, 0.29) is 0 Å². The van der Waals surface area contributed by atoms with Crippen LogP contribution in [0.2, 0.25) is 0 Å². The van der Waals surface area contributed by atoms with Gasteiger partial charge in [-0.15, -0.1) is 0 Å². The summed E-state index contributed by atoms with van der Waals surface area (Å²) in [6.07, 6.45) is 30.2. The van der Waals surface area contributed by atoms with Crippen molar-refractivity contribution in [2.45, 2.75) is 38.5 Å². The zero-order chi connectivity index (χ0) is 21.0. The summed E-state index contributed by atoms with van der Waals surface area (Å²) in [7, 11) is 0. The number of rotatable bonds is 9. The van der Waals surface area contributed by atoms with E-state index >= 15 is 0 Å². The minimum absolute atomic E-state index is 1.02. The normalized spacial score (nSPS) is 20.2. The molecule has 0 unspecified atom stereocenters. The van der Waals surface area contributed by atoms with Gasteiger partial charge in [-0.2, -0.15) is 0 Å². The molecule has 0 bridgehead atoms. The van der Waals surface area contributed by atoms with Crippen LogP contribution < -0.4 is 5.32 Å². The maximum absolute atomic E-state index is 3.55. The molecule has 1 heteroatoms. The maximum Gasteiger partial charge on any atom is 0.0340 e. The molecule has 0 aliphatic heterocycles. The van der Waals surface area contributed by atoms with Gasteiger partial charge in [-0.1, -0.05) is 129 Å². The molecule has 1 aromatic rings. The van der Waals surface area contributed by atoms with Crippen molar-refractivity contribution in [3.8, 4) is 0 Å². The lowest BCUT2D eigenvalue weighted by Crippen LogP contribution is -2.13. The van der Waals surface area contributed by atoms with E-state index in [4.69, 9.17) is 0 Å². The Labute approximate surface area is 183 Å². The summed E-state index contributed by atoms with van der Waals surface area (Å²) < 4.78 is 0. The Morgan fingerprint density at radius 3 is 1.73 bits per heavy atom. The van der Waals surface area contributed by atoms with E-state index in [1.54, 1.807) is 0 Å². The van der Waals surface area contributed by atoms with Gasteiger partial charge in [0.2, 0.25) is 0 Å². The second kappa shape index (κ2) is 16.9. The van der Waals surface area contributed by atoms with E-state index < -0.39 is 0 Å². The molecule has 0 spiro atoms. The van der Waals surface area contributed by atoms with Crippen molar-refractivity contribution in [3.63, 3.8) is 0 Å². The highest BCUT2D eigenvalue weighted by Gasteiger charge is 1.94. The number of allylic oxidation sites excluding steroid dienone is 11. The Hall–Kier alpha value is -3.06. The number of hydrogen-bond donors (Lipinski definition) is 1. The molecule has 2 rings (SSSR count). The fraction of sp³-hybridized carbons (Fsp3) is 0.241. The average molecular weight is 398 g/mol. The van der Waals surface area contributed by atoms with Crippen LogP contribution in [0.15, 0.2) is 127 Å². The van der Waals surface area contributed by atoms with Gasteiger partial charge in [0.25, 0.3) is 0 Å². The molecule has 30 heavy (non-hydrogen) atoms. The van der Waals surface area contributed by atoms with Gasteiger partial charge >= 0.3 is 0 Å². The van der Waals surface area contributed by atoms with Crippen LogP contribution in [0.5, 0.6) is 0 Å². The van der Waals surface area contributed by atoms with Gasteiger partial charge < -0.3 is 5.32 Å². The summed E-state index contributed by atoms with van der Waals surface area (Å²) in [4.78, 5) is 0. The lowest BCUT2D eigenvalue weighted by molar-refractivity contribution is 0.600. The van der Waals surface area contributed by atoms with Gasteiger partial charge in [0.15, 0.2) is 0 Å². The van der Waals surface area contributed by atoms with Gasteiger partial charge in [0.05, 0.1) is 0 Å². The molecule has 1 aliphatic rings. The zero-order valence-corrected chi connectivity index (χ0v) is 18.0. The van der Waals surface area contributed by atoms with Crippen molar-refractivity contribution < 1.29 is 0 Å². The SMILES string of the molecule is C1=C\C=C/C=C\C(NCCCCCCCc2ccccccccc2)=C/C=C\C=C/1. The summed E-state index contributed by atoms with van der Waals surface area (Å²) in [5, 5.41) is 3.55. The third kappa shape index (κ3) is 12.4. The molecule has 0 amide bonds. The van der Waals surface area contributed by atoms with Gasteiger partial charge in [-0.05, 0) is 37.0 Å². The van der Waals surface area contributed by atoms with E-state index in [0.29, 0.717) is 0 Å². The molecule has 1 aliphatic carbocycles. The number of hydrogen-bond acceptors (Lipinski definition) is 1. The summed E-state index contributed by atoms with van der Waals surface area (Å²) in [5.74, 6) is 0. The van der Waals surface area contributed by atoms with Crippen LogP contribution in [0.4, 0.5) is 0 Å². The molecule has 156 valence electrons. The average Bonchev–Trinajstić information content (AvgIpc) is 2.75. The summed E-state index contributed by atoms with van der Waals surface area (Å²) in [6, 6.07) is 19.1. The molecular weight excluding hydrogens is 362 g/mol. The van der Waals surface area contributed by atoms with E-state index in [1.165, 1.54) is 37.7 Å². The van der Waals surface area contributed by atoms with Crippen LogP contribution in [0.3, 0.4) is 0 Å². The Bertz CT molecular complexity index is 795. The highest BCUT2D eigenvalue weighted by atomic mass is 14.9. The number of aryl methyl sites for hydroxylation is 1. The van der Waals surface area contributed by atoms with Gasteiger partial charge in [0, 0.05) is 12.2 Å². The van der Waals surface area contributed by atoms with Crippen molar-refractivity contribution in [2.24, 2.45) is 0 Å². The molecule has 0 aromatic heterocycles. The third-order valence-electron chi connectivity index (χ3n) is 4.70. The smallest absolute Gasteiger partial charge is 0.0340 e. The van der Waals surface area contributed by atoms with E-state index in [0.717, 1.165) is 18.7 Å². The molecular formula is C29H35N. The first-order chi connectivity index (χ1) is 14.9. The topological polar surface area (TPSA) is 12.0 Å². The van der Waals surface area contributed by atoms with Gasteiger partial charge in [0.1, 0.15) is 0 Å².